The highest BCUT2D eigenvalue weighted by Gasteiger charge is 2.42. The molecule has 0 unspecified atom stereocenters. The van der Waals surface area contributed by atoms with Crippen molar-refractivity contribution in [1.29, 1.82) is 0 Å². The van der Waals surface area contributed by atoms with E-state index in [-0.39, 0.29) is 25.0 Å². The molecule has 10 heteroatoms. The third-order valence-electron chi connectivity index (χ3n) is 6.93. The third-order valence-corrected chi connectivity index (χ3v) is 7.82. The predicted molar refractivity (Wildman–Crippen MR) is 154 cm³/mol. The van der Waals surface area contributed by atoms with Crippen molar-refractivity contribution < 1.29 is 28.5 Å². The van der Waals surface area contributed by atoms with Crippen LogP contribution in [0.15, 0.2) is 70.2 Å². The fraction of sp³-hybridized carbons (Fsp3) is 0.367. The molecule has 0 saturated carbocycles. The zero-order valence-corrected chi connectivity index (χ0v) is 23.7. The number of thioether (sulfide) groups is 1. The van der Waals surface area contributed by atoms with Gasteiger partial charge in [-0.15, -0.1) is 0 Å². The van der Waals surface area contributed by atoms with Crippen LogP contribution in [-0.4, -0.2) is 62.0 Å². The Bertz CT molecular complexity index is 1330. The fourth-order valence-corrected chi connectivity index (χ4v) is 5.97. The summed E-state index contributed by atoms with van der Waals surface area (Å²) in [6.07, 6.45) is 2.12. The Hall–Kier alpha value is -3.76. The van der Waals surface area contributed by atoms with Gasteiger partial charge in [-0.3, -0.25) is 4.79 Å². The van der Waals surface area contributed by atoms with Crippen LogP contribution in [0.2, 0.25) is 0 Å². The number of esters is 1. The maximum Gasteiger partial charge on any atom is 0.338 e. The number of hydrogen-bond donors (Lipinski definition) is 1. The number of rotatable bonds is 10. The molecule has 0 spiro atoms. The lowest BCUT2D eigenvalue weighted by atomic mass is 9.91. The Balaban J connectivity index is 1.58. The smallest absolute Gasteiger partial charge is 0.338 e. The number of hydrogen-bond acceptors (Lipinski definition) is 9. The van der Waals surface area contributed by atoms with Gasteiger partial charge in [0.15, 0.2) is 5.17 Å². The molecule has 210 valence electrons. The van der Waals surface area contributed by atoms with E-state index in [0.29, 0.717) is 34.5 Å². The van der Waals surface area contributed by atoms with Crippen molar-refractivity contribution in [3.8, 4) is 11.5 Å². The molecule has 1 amide bonds. The van der Waals surface area contributed by atoms with Gasteiger partial charge in [0.1, 0.15) is 11.5 Å². The van der Waals surface area contributed by atoms with Crippen molar-refractivity contribution in [2.75, 3.05) is 34.0 Å². The lowest BCUT2D eigenvalue weighted by Gasteiger charge is -2.37. The number of benzene rings is 2. The van der Waals surface area contributed by atoms with Crippen molar-refractivity contribution in [1.82, 2.24) is 10.2 Å². The Kier molecular flexibility index (Phi) is 8.76. The summed E-state index contributed by atoms with van der Waals surface area (Å²) in [7, 11) is 3.17. The fourth-order valence-electron chi connectivity index (χ4n) is 5.05. The van der Waals surface area contributed by atoms with Crippen molar-refractivity contribution >= 4 is 34.5 Å². The van der Waals surface area contributed by atoms with Gasteiger partial charge in [0.2, 0.25) is 5.91 Å². The van der Waals surface area contributed by atoms with Crippen LogP contribution in [0.4, 0.5) is 0 Å². The summed E-state index contributed by atoms with van der Waals surface area (Å²) >= 11 is 1.42. The zero-order chi connectivity index (χ0) is 28.1. The molecule has 1 saturated heterocycles. The second kappa shape index (κ2) is 12.6. The first-order valence-corrected chi connectivity index (χ1v) is 14.2. The van der Waals surface area contributed by atoms with E-state index in [2.05, 4.69) is 5.32 Å². The summed E-state index contributed by atoms with van der Waals surface area (Å²) in [5.74, 6) is 0.556. The Morgan fingerprint density at radius 3 is 2.52 bits per heavy atom. The summed E-state index contributed by atoms with van der Waals surface area (Å²) in [5.41, 5.74) is 3.17. The number of fused-ring (bicyclic) bond motifs is 1. The molecule has 5 rings (SSSR count). The third kappa shape index (κ3) is 5.88. The molecular formula is C30H33N3O6S. The van der Waals surface area contributed by atoms with E-state index in [1.54, 1.807) is 27.2 Å². The molecule has 0 aliphatic carbocycles. The topological polar surface area (TPSA) is 98.7 Å². The van der Waals surface area contributed by atoms with E-state index in [0.717, 1.165) is 36.3 Å². The number of amidine groups is 1. The van der Waals surface area contributed by atoms with Gasteiger partial charge < -0.3 is 29.2 Å². The minimum absolute atomic E-state index is 0.0479. The molecule has 2 atom stereocenters. The average Bonchev–Trinajstić information content (AvgIpc) is 3.65. The van der Waals surface area contributed by atoms with E-state index in [9.17, 15) is 9.59 Å². The Labute approximate surface area is 238 Å². The Morgan fingerprint density at radius 2 is 1.88 bits per heavy atom. The maximum atomic E-state index is 13.7. The van der Waals surface area contributed by atoms with Crippen LogP contribution < -0.4 is 14.8 Å². The van der Waals surface area contributed by atoms with Gasteiger partial charge in [-0.25, -0.2) is 9.79 Å². The van der Waals surface area contributed by atoms with Crippen molar-refractivity contribution in [3.05, 3.63) is 76.3 Å². The van der Waals surface area contributed by atoms with E-state index >= 15 is 0 Å². The molecule has 0 aromatic heterocycles. The number of nitrogens with one attached hydrogen (secondary N) is 1. The highest BCUT2D eigenvalue weighted by molar-refractivity contribution is 8.16. The SMILES string of the molecule is CCOC(=O)C1=C(c2ccccc2)N=C2SC=C(CC(=O)NC[C@@H]3CCCO3)N2[C@H]1c1cc(OC)cc(OC)c1. The number of carbonyl (C=O) groups is 2. The second-order valence-electron chi connectivity index (χ2n) is 9.50. The van der Waals surface area contributed by atoms with Crippen molar-refractivity contribution in [2.45, 2.75) is 38.3 Å². The number of ether oxygens (including phenoxy) is 4. The highest BCUT2D eigenvalue weighted by atomic mass is 32.2. The lowest BCUT2D eigenvalue weighted by molar-refractivity contribution is -0.139. The van der Waals surface area contributed by atoms with Gasteiger partial charge in [0.25, 0.3) is 0 Å². The van der Waals surface area contributed by atoms with Crippen molar-refractivity contribution in [3.63, 3.8) is 0 Å². The number of methoxy groups -OCH3 is 2. The van der Waals surface area contributed by atoms with E-state index < -0.39 is 12.0 Å². The largest absolute Gasteiger partial charge is 0.497 e. The minimum Gasteiger partial charge on any atom is -0.497 e. The van der Waals surface area contributed by atoms with Crippen LogP contribution in [0, 0.1) is 0 Å². The van der Waals surface area contributed by atoms with Gasteiger partial charge >= 0.3 is 5.97 Å². The van der Waals surface area contributed by atoms with Gasteiger partial charge in [0, 0.05) is 30.5 Å². The monoisotopic (exact) mass is 563 g/mol. The molecule has 9 nitrogen and oxygen atoms in total. The number of nitrogens with zero attached hydrogens (tertiary/aromatic N) is 2. The summed E-state index contributed by atoms with van der Waals surface area (Å²) in [5, 5.41) is 5.59. The lowest BCUT2D eigenvalue weighted by Crippen LogP contribution is -2.39. The maximum absolute atomic E-state index is 13.7. The van der Waals surface area contributed by atoms with E-state index in [1.165, 1.54) is 11.8 Å². The zero-order valence-electron chi connectivity index (χ0n) is 22.8. The molecule has 2 aromatic carbocycles. The standard InChI is InChI=1S/C30H33N3O6S/c1-4-38-29(35)26-27(19-9-6-5-7-10-19)32-30-33(28(26)20-13-23(36-2)16-24(14-20)37-3)21(18-40-30)15-25(34)31-17-22-11-8-12-39-22/h5-7,9-10,13-14,16,18,22,28H,4,8,11-12,15,17H2,1-3H3,(H,31,34)/t22-,28-/m0/s1. The van der Waals surface area contributed by atoms with Crippen LogP contribution in [0.25, 0.3) is 5.70 Å². The van der Waals surface area contributed by atoms with E-state index in [4.69, 9.17) is 23.9 Å². The predicted octanol–water partition coefficient (Wildman–Crippen LogP) is 4.66. The summed E-state index contributed by atoms with van der Waals surface area (Å²) < 4.78 is 22.4. The van der Waals surface area contributed by atoms with Crippen LogP contribution in [0.3, 0.4) is 0 Å². The molecule has 1 N–H and O–H groups in total. The quantitative estimate of drug-likeness (QED) is 0.417. The summed E-state index contributed by atoms with van der Waals surface area (Å²) in [4.78, 5) is 33.6. The first kappa shape index (κ1) is 27.8. The van der Waals surface area contributed by atoms with Crippen LogP contribution in [-0.2, 0) is 19.1 Å². The van der Waals surface area contributed by atoms with Crippen LogP contribution in [0.5, 0.6) is 11.5 Å². The Morgan fingerprint density at radius 1 is 1.12 bits per heavy atom. The van der Waals surface area contributed by atoms with E-state index in [1.807, 2.05) is 52.8 Å². The number of amides is 1. The number of aliphatic imine (C=N–C) groups is 1. The molecule has 3 aliphatic rings. The van der Waals surface area contributed by atoms with Crippen molar-refractivity contribution in [2.24, 2.45) is 4.99 Å². The first-order chi connectivity index (χ1) is 19.5. The molecule has 40 heavy (non-hydrogen) atoms. The molecule has 3 heterocycles. The normalized spacial score (nSPS) is 20.0. The van der Waals surface area contributed by atoms with Crippen LogP contribution in [0.1, 0.15) is 43.4 Å². The van der Waals surface area contributed by atoms with Gasteiger partial charge in [-0.2, -0.15) is 0 Å². The van der Waals surface area contributed by atoms with Crippen LogP contribution >= 0.6 is 11.8 Å². The first-order valence-electron chi connectivity index (χ1n) is 13.3. The van der Waals surface area contributed by atoms with Gasteiger partial charge in [-0.1, -0.05) is 42.1 Å². The molecule has 1 fully saturated rings. The molecule has 0 bridgehead atoms. The van der Waals surface area contributed by atoms with Gasteiger partial charge in [0.05, 0.1) is 50.7 Å². The molecule has 3 aliphatic heterocycles. The number of carbonyl (C=O) groups excluding carboxylic acids is 2. The molecule has 0 radical (unpaired) electrons. The summed E-state index contributed by atoms with van der Waals surface area (Å²) in [6.45, 7) is 3.19. The average molecular weight is 564 g/mol. The second-order valence-corrected chi connectivity index (χ2v) is 10.3. The minimum atomic E-state index is -0.641. The van der Waals surface area contributed by atoms with Gasteiger partial charge in [-0.05, 0) is 42.9 Å². The molecular weight excluding hydrogens is 530 g/mol. The summed E-state index contributed by atoms with van der Waals surface area (Å²) in [6, 6.07) is 14.5. The molecule has 2 aromatic rings. The highest BCUT2D eigenvalue weighted by Crippen LogP contribution is 2.48.